The maximum absolute atomic E-state index is 11.6. The first kappa shape index (κ1) is 19.4. The third kappa shape index (κ3) is 2.75. The van der Waals surface area contributed by atoms with Crippen molar-refractivity contribution in [1.29, 1.82) is 0 Å². The molecule has 0 radical (unpaired) electrons. The SMILES string of the molecule is COc1cccc2c3ccccc3n(Cn3c4ccccc4c4cc(C=O)cc(OC)c43)c12. The fourth-order valence-electron chi connectivity index (χ4n) is 5.07. The highest BCUT2D eigenvalue weighted by atomic mass is 16.5. The number of carbonyl (C=O) groups is 1. The van der Waals surface area contributed by atoms with Crippen LogP contribution in [0.1, 0.15) is 10.4 Å². The van der Waals surface area contributed by atoms with Crippen LogP contribution in [0, 0.1) is 0 Å². The molecular weight excluding hydrogens is 412 g/mol. The van der Waals surface area contributed by atoms with Crippen LogP contribution < -0.4 is 9.47 Å². The van der Waals surface area contributed by atoms with Crippen molar-refractivity contribution in [3.63, 3.8) is 0 Å². The topological polar surface area (TPSA) is 45.4 Å². The molecule has 0 atom stereocenters. The number of fused-ring (bicyclic) bond motifs is 6. The predicted octanol–water partition coefficient (Wildman–Crippen LogP) is 6.24. The standard InChI is InChI=1S/C28H22N2O3/c1-32-25-13-7-10-21-19-8-3-5-11-23(19)29(27(21)25)17-30-24-12-6-4-9-20(24)22-14-18(16-31)15-26(33-2)28(22)30/h3-16H,17H2,1-2H3. The summed E-state index contributed by atoms with van der Waals surface area (Å²) < 4.78 is 16.1. The van der Waals surface area contributed by atoms with Crippen molar-refractivity contribution in [3.8, 4) is 11.5 Å². The van der Waals surface area contributed by atoms with Gasteiger partial charge < -0.3 is 18.6 Å². The number of hydrogen-bond acceptors (Lipinski definition) is 3. The van der Waals surface area contributed by atoms with Crippen molar-refractivity contribution in [2.24, 2.45) is 0 Å². The van der Waals surface area contributed by atoms with Gasteiger partial charge in [0.15, 0.2) is 0 Å². The molecule has 0 unspecified atom stereocenters. The summed E-state index contributed by atoms with van der Waals surface area (Å²) in [6.45, 7) is 0.561. The van der Waals surface area contributed by atoms with Crippen molar-refractivity contribution in [2.75, 3.05) is 14.2 Å². The second kappa shape index (κ2) is 7.41. The normalized spacial score (nSPS) is 11.6. The highest BCUT2D eigenvalue weighted by Gasteiger charge is 2.19. The van der Waals surface area contributed by atoms with Gasteiger partial charge >= 0.3 is 0 Å². The lowest BCUT2D eigenvalue weighted by atomic mass is 10.1. The summed E-state index contributed by atoms with van der Waals surface area (Å²) in [6, 6.07) is 26.6. The maximum Gasteiger partial charge on any atom is 0.150 e. The van der Waals surface area contributed by atoms with Crippen LogP contribution in [0.3, 0.4) is 0 Å². The fraction of sp³-hybridized carbons (Fsp3) is 0.107. The summed E-state index contributed by atoms with van der Waals surface area (Å²) in [7, 11) is 3.36. The van der Waals surface area contributed by atoms with Crippen molar-refractivity contribution in [1.82, 2.24) is 9.13 Å². The predicted molar refractivity (Wildman–Crippen MR) is 133 cm³/mol. The number of aromatic nitrogens is 2. The van der Waals surface area contributed by atoms with Crippen LogP contribution in [0.25, 0.3) is 43.6 Å². The molecule has 162 valence electrons. The average Bonchev–Trinajstić information content (AvgIpc) is 3.37. The van der Waals surface area contributed by atoms with Gasteiger partial charge in [0.1, 0.15) is 24.5 Å². The minimum atomic E-state index is 0.561. The zero-order chi connectivity index (χ0) is 22.5. The molecule has 4 aromatic carbocycles. The molecule has 0 fully saturated rings. The lowest BCUT2D eigenvalue weighted by Gasteiger charge is -2.15. The average molecular weight is 434 g/mol. The number of carbonyl (C=O) groups excluding carboxylic acids is 1. The van der Waals surface area contributed by atoms with E-state index in [0.29, 0.717) is 18.0 Å². The Morgan fingerprint density at radius 2 is 1.24 bits per heavy atom. The summed E-state index contributed by atoms with van der Waals surface area (Å²) in [4.78, 5) is 11.6. The first-order chi connectivity index (χ1) is 16.2. The van der Waals surface area contributed by atoms with Crippen molar-refractivity contribution in [2.45, 2.75) is 6.67 Å². The first-order valence-corrected chi connectivity index (χ1v) is 10.8. The number of para-hydroxylation sites is 3. The second-order valence-corrected chi connectivity index (χ2v) is 8.13. The zero-order valence-electron chi connectivity index (χ0n) is 18.4. The molecule has 33 heavy (non-hydrogen) atoms. The first-order valence-electron chi connectivity index (χ1n) is 10.8. The molecular formula is C28H22N2O3. The van der Waals surface area contributed by atoms with Gasteiger partial charge in [0.2, 0.25) is 0 Å². The highest BCUT2D eigenvalue weighted by Crippen LogP contribution is 2.39. The number of methoxy groups -OCH3 is 2. The molecule has 5 nitrogen and oxygen atoms in total. The van der Waals surface area contributed by atoms with Gasteiger partial charge in [0.25, 0.3) is 0 Å². The Morgan fingerprint density at radius 3 is 1.88 bits per heavy atom. The summed E-state index contributed by atoms with van der Waals surface area (Å²) >= 11 is 0. The van der Waals surface area contributed by atoms with Crippen LogP contribution >= 0.6 is 0 Å². The quantitative estimate of drug-likeness (QED) is 0.302. The molecule has 0 amide bonds. The van der Waals surface area contributed by atoms with Crippen molar-refractivity contribution < 1.29 is 14.3 Å². The van der Waals surface area contributed by atoms with Crippen LogP contribution in [0.2, 0.25) is 0 Å². The Kier molecular flexibility index (Phi) is 4.37. The Bertz CT molecular complexity index is 1690. The zero-order valence-corrected chi connectivity index (χ0v) is 18.4. The van der Waals surface area contributed by atoms with Gasteiger partial charge in [-0.1, -0.05) is 48.5 Å². The summed E-state index contributed by atoms with van der Waals surface area (Å²) in [5, 5.41) is 4.42. The fourth-order valence-corrected chi connectivity index (χ4v) is 5.07. The van der Waals surface area contributed by atoms with E-state index in [-0.39, 0.29) is 0 Å². The molecule has 5 heteroatoms. The minimum Gasteiger partial charge on any atom is -0.495 e. The van der Waals surface area contributed by atoms with Crippen molar-refractivity contribution >= 4 is 49.9 Å². The molecule has 6 rings (SSSR count). The minimum absolute atomic E-state index is 0.561. The number of nitrogens with zero attached hydrogens (tertiary/aromatic N) is 2. The van der Waals surface area contributed by atoms with Gasteiger partial charge in [-0.05, 0) is 30.3 Å². The van der Waals surface area contributed by atoms with Gasteiger partial charge in [-0.3, -0.25) is 4.79 Å². The molecule has 6 aromatic rings. The lowest BCUT2D eigenvalue weighted by Crippen LogP contribution is -2.09. The molecule has 0 N–H and O–H groups in total. The Hall–Kier alpha value is -4.25. The van der Waals surface area contributed by atoms with E-state index < -0.39 is 0 Å². The van der Waals surface area contributed by atoms with E-state index in [1.54, 1.807) is 20.3 Å². The molecule has 2 heterocycles. The second-order valence-electron chi connectivity index (χ2n) is 8.13. The van der Waals surface area contributed by atoms with E-state index in [9.17, 15) is 4.79 Å². The molecule has 0 aliphatic heterocycles. The number of ether oxygens (including phenoxy) is 2. The highest BCUT2D eigenvalue weighted by molar-refractivity contribution is 6.12. The van der Waals surface area contributed by atoms with Gasteiger partial charge in [-0.15, -0.1) is 0 Å². The third-order valence-electron chi connectivity index (χ3n) is 6.46. The molecule has 0 bridgehead atoms. The molecule has 0 aliphatic rings. The van der Waals surface area contributed by atoms with E-state index in [0.717, 1.165) is 50.3 Å². The number of aldehydes is 1. The van der Waals surface area contributed by atoms with E-state index in [1.807, 2.05) is 30.3 Å². The van der Waals surface area contributed by atoms with Crippen LogP contribution in [0.4, 0.5) is 0 Å². The lowest BCUT2D eigenvalue weighted by molar-refractivity contribution is 0.112. The summed E-state index contributed by atoms with van der Waals surface area (Å²) in [6.07, 6.45) is 0.867. The number of benzene rings is 4. The smallest absolute Gasteiger partial charge is 0.150 e. The number of hydrogen-bond donors (Lipinski definition) is 0. The van der Waals surface area contributed by atoms with E-state index in [2.05, 4.69) is 51.6 Å². The van der Waals surface area contributed by atoms with E-state index in [4.69, 9.17) is 9.47 Å². The van der Waals surface area contributed by atoms with Crippen LogP contribution in [0.5, 0.6) is 11.5 Å². The van der Waals surface area contributed by atoms with E-state index in [1.165, 1.54) is 5.39 Å². The van der Waals surface area contributed by atoms with Crippen LogP contribution in [-0.4, -0.2) is 29.6 Å². The Balaban J connectivity index is 1.73. The molecule has 0 saturated heterocycles. The third-order valence-corrected chi connectivity index (χ3v) is 6.46. The van der Waals surface area contributed by atoms with Gasteiger partial charge in [-0.2, -0.15) is 0 Å². The summed E-state index contributed by atoms with van der Waals surface area (Å²) in [5.74, 6) is 1.51. The van der Waals surface area contributed by atoms with Crippen LogP contribution in [0.15, 0.2) is 78.9 Å². The number of rotatable bonds is 5. The molecule has 2 aromatic heterocycles. The van der Waals surface area contributed by atoms with Crippen molar-refractivity contribution in [3.05, 3.63) is 84.4 Å². The molecule has 0 aliphatic carbocycles. The summed E-state index contributed by atoms with van der Waals surface area (Å²) in [5.41, 5.74) is 4.82. The van der Waals surface area contributed by atoms with Crippen LogP contribution in [-0.2, 0) is 6.67 Å². The largest absolute Gasteiger partial charge is 0.495 e. The van der Waals surface area contributed by atoms with Gasteiger partial charge in [0.05, 0.1) is 36.3 Å². The maximum atomic E-state index is 11.6. The Labute approximate surface area is 190 Å². The Morgan fingerprint density at radius 1 is 0.667 bits per heavy atom. The van der Waals surface area contributed by atoms with Gasteiger partial charge in [-0.25, -0.2) is 0 Å². The molecule has 0 saturated carbocycles. The van der Waals surface area contributed by atoms with Gasteiger partial charge in [0, 0.05) is 27.1 Å². The molecule has 0 spiro atoms. The monoisotopic (exact) mass is 434 g/mol. The van der Waals surface area contributed by atoms with E-state index >= 15 is 0 Å².